The number of benzene rings is 1. The highest BCUT2D eigenvalue weighted by atomic mass is 16.4. The van der Waals surface area contributed by atoms with Crippen LogP contribution < -0.4 is 5.73 Å². The molecule has 4 rings (SSSR count). The molecule has 7 heteroatoms. The molecule has 1 fully saturated rings. The first kappa shape index (κ1) is 16.5. The van der Waals surface area contributed by atoms with Crippen molar-refractivity contribution in [1.29, 1.82) is 0 Å². The maximum Gasteiger partial charge on any atom is 0.303 e. The third-order valence-electron chi connectivity index (χ3n) is 5.35. The lowest BCUT2D eigenvalue weighted by atomic mass is 9.77. The van der Waals surface area contributed by atoms with Crippen LogP contribution in [-0.2, 0) is 4.79 Å². The molecule has 3 N–H and O–H groups in total. The molecule has 2 heterocycles. The third kappa shape index (κ3) is 3.12. The summed E-state index contributed by atoms with van der Waals surface area (Å²) in [5, 5.41) is 13.0. The fourth-order valence-corrected chi connectivity index (χ4v) is 3.90. The summed E-state index contributed by atoms with van der Waals surface area (Å²) >= 11 is 0. The van der Waals surface area contributed by atoms with Crippen LogP contribution in [0.2, 0.25) is 0 Å². The summed E-state index contributed by atoms with van der Waals surface area (Å²) in [5.74, 6) is 1.15. The standard InChI is InChI=1S/C19H21N5O2/c20-18-16(10-21-19-22-11-23-24(18)19)15-7-5-14(6-8-15)13-3-1-12(2-4-13)9-17(25)26/h5-8,10-13H,1-4,9,20H2,(H,25,26). The molecule has 26 heavy (non-hydrogen) atoms. The third-order valence-corrected chi connectivity index (χ3v) is 5.35. The van der Waals surface area contributed by atoms with E-state index in [-0.39, 0.29) is 0 Å². The molecule has 134 valence electrons. The molecule has 7 nitrogen and oxygen atoms in total. The molecule has 0 saturated heterocycles. The van der Waals surface area contributed by atoms with Gasteiger partial charge in [0.15, 0.2) is 0 Å². The second kappa shape index (κ2) is 6.74. The maximum atomic E-state index is 10.9. The lowest BCUT2D eigenvalue weighted by Crippen LogP contribution is -2.16. The van der Waals surface area contributed by atoms with Gasteiger partial charge in [-0.2, -0.15) is 14.6 Å². The second-order valence-corrected chi connectivity index (χ2v) is 6.97. The van der Waals surface area contributed by atoms with E-state index in [4.69, 9.17) is 10.8 Å². The van der Waals surface area contributed by atoms with Gasteiger partial charge >= 0.3 is 5.97 Å². The van der Waals surface area contributed by atoms with Crippen LogP contribution in [0.5, 0.6) is 0 Å². The molecule has 1 aromatic carbocycles. The van der Waals surface area contributed by atoms with Gasteiger partial charge in [0.1, 0.15) is 12.1 Å². The van der Waals surface area contributed by atoms with Gasteiger partial charge in [-0.25, -0.2) is 4.98 Å². The first-order valence-electron chi connectivity index (χ1n) is 8.88. The van der Waals surface area contributed by atoms with Crippen molar-refractivity contribution in [2.24, 2.45) is 5.92 Å². The summed E-state index contributed by atoms with van der Waals surface area (Å²) in [5.41, 5.74) is 9.33. The van der Waals surface area contributed by atoms with E-state index in [1.165, 1.54) is 16.4 Å². The van der Waals surface area contributed by atoms with E-state index in [9.17, 15) is 4.79 Å². The van der Waals surface area contributed by atoms with Gasteiger partial charge in [-0.15, -0.1) is 0 Å². The van der Waals surface area contributed by atoms with Gasteiger partial charge in [-0.05, 0) is 48.6 Å². The molecule has 0 amide bonds. The van der Waals surface area contributed by atoms with Crippen molar-refractivity contribution in [1.82, 2.24) is 19.6 Å². The van der Waals surface area contributed by atoms with E-state index >= 15 is 0 Å². The van der Waals surface area contributed by atoms with E-state index in [0.717, 1.165) is 36.8 Å². The minimum atomic E-state index is -0.687. The van der Waals surface area contributed by atoms with Gasteiger partial charge in [-0.3, -0.25) is 4.79 Å². The molecular formula is C19H21N5O2. The molecule has 1 aliphatic rings. The number of aromatic nitrogens is 4. The Balaban J connectivity index is 1.50. The number of fused-ring (bicyclic) bond motifs is 1. The van der Waals surface area contributed by atoms with Crippen LogP contribution in [0.15, 0.2) is 36.8 Å². The molecule has 2 aromatic heterocycles. The maximum absolute atomic E-state index is 10.9. The predicted octanol–water partition coefficient (Wildman–Crippen LogP) is 3.12. The second-order valence-electron chi connectivity index (χ2n) is 6.97. The molecule has 1 saturated carbocycles. The van der Waals surface area contributed by atoms with Gasteiger partial charge in [0.2, 0.25) is 0 Å². The first-order valence-corrected chi connectivity index (χ1v) is 8.88. The molecule has 0 radical (unpaired) electrons. The normalized spacial score (nSPS) is 20.3. The molecule has 0 spiro atoms. The zero-order chi connectivity index (χ0) is 18.1. The Morgan fingerprint density at radius 3 is 2.58 bits per heavy atom. The molecule has 3 aromatic rings. The van der Waals surface area contributed by atoms with Crippen LogP contribution in [0.25, 0.3) is 16.9 Å². The zero-order valence-electron chi connectivity index (χ0n) is 14.4. The first-order chi connectivity index (χ1) is 12.6. The average molecular weight is 351 g/mol. The smallest absolute Gasteiger partial charge is 0.303 e. The number of nitrogen functional groups attached to an aromatic ring is 1. The molecule has 0 aliphatic heterocycles. The summed E-state index contributed by atoms with van der Waals surface area (Å²) in [7, 11) is 0. The number of carboxylic acid groups (broad SMARTS) is 1. The lowest BCUT2D eigenvalue weighted by Gasteiger charge is -2.28. The number of nitrogens with two attached hydrogens (primary N) is 1. The van der Waals surface area contributed by atoms with Crippen LogP contribution in [0.1, 0.15) is 43.6 Å². The quantitative estimate of drug-likeness (QED) is 0.748. The largest absolute Gasteiger partial charge is 0.481 e. The highest BCUT2D eigenvalue weighted by molar-refractivity contribution is 5.74. The van der Waals surface area contributed by atoms with Crippen molar-refractivity contribution in [2.45, 2.75) is 38.0 Å². The van der Waals surface area contributed by atoms with Crippen LogP contribution in [0.3, 0.4) is 0 Å². The Morgan fingerprint density at radius 2 is 1.88 bits per heavy atom. The summed E-state index contributed by atoms with van der Waals surface area (Å²) in [6.45, 7) is 0. The Labute approximate surface area is 150 Å². The summed E-state index contributed by atoms with van der Waals surface area (Å²) in [6.07, 6.45) is 7.52. The monoisotopic (exact) mass is 351 g/mol. The van der Waals surface area contributed by atoms with E-state index < -0.39 is 5.97 Å². The van der Waals surface area contributed by atoms with Crippen molar-refractivity contribution >= 4 is 17.6 Å². The SMILES string of the molecule is Nc1c(-c2ccc(C3CCC(CC(=O)O)CC3)cc2)cnc2ncnn12. The highest BCUT2D eigenvalue weighted by Gasteiger charge is 2.24. The van der Waals surface area contributed by atoms with Gasteiger partial charge in [-0.1, -0.05) is 24.3 Å². The Morgan fingerprint density at radius 1 is 1.15 bits per heavy atom. The molecular weight excluding hydrogens is 330 g/mol. The van der Waals surface area contributed by atoms with E-state index in [2.05, 4.69) is 39.3 Å². The van der Waals surface area contributed by atoms with Crippen molar-refractivity contribution in [2.75, 3.05) is 5.73 Å². The summed E-state index contributed by atoms with van der Waals surface area (Å²) in [6, 6.07) is 8.41. The number of nitrogens with zero attached hydrogens (tertiary/aromatic N) is 4. The minimum absolute atomic E-state index is 0.294. The van der Waals surface area contributed by atoms with E-state index in [1.807, 2.05) is 0 Å². The Kier molecular flexibility index (Phi) is 4.28. The van der Waals surface area contributed by atoms with Crippen molar-refractivity contribution in [3.8, 4) is 11.1 Å². The molecule has 1 aliphatic carbocycles. The van der Waals surface area contributed by atoms with E-state index in [0.29, 0.717) is 29.9 Å². The molecule has 0 bridgehead atoms. The van der Waals surface area contributed by atoms with Crippen LogP contribution in [0.4, 0.5) is 5.82 Å². The summed E-state index contributed by atoms with van der Waals surface area (Å²) in [4.78, 5) is 19.2. The van der Waals surface area contributed by atoms with E-state index in [1.54, 1.807) is 6.20 Å². The molecule has 0 unspecified atom stereocenters. The van der Waals surface area contributed by atoms with Crippen LogP contribution >= 0.6 is 0 Å². The van der Waals surface area contributed by atoms with Crippen molar-refractivity contribution in [3.63, 3.8) is 0 Å². The lowest BCUT2D eigenvalue weighted by molar-refractivity contribution is -0.138. The van der Waals surface area contributed by atoms with Crippen LogP contribution in [0, 0.1) is 5.92 Å². The van der Waals surface area contributed by atoms with Gasteiger partial charge in [0.05, 0.1) is 0 Å². The predicted molar refractivity (Wildman–Crippen MR) is 97.6 cm³/mol. The number of carbonyl (C=O) groups is 1. The zero-order valence-corrected chi connectivity index (χ0v) is 14.4. The number of carboxylic acids is 1. The van der Waals surface area contributed by atoms with Gasteiger partial charge in [0.25, 0.3) is 5.78 Å². The number of hydrogen-bond donors (Lipinski definition) is 2. The topological polar surface area (TPSA) is 106 Å². The number of hydrogen-bond acceptors (Lipinski definition) is 5. The van der Waals surface area contributed by atoms with Crippen molar-refractivity contribution in [3.05, 3.63) is 42.4 Å². The van der Waals surface area contributed by atoms with Gasteiger partial charge in [0, 0.05) is 18.2 Å². The van der Waals surface area contributed by atoms with Crippen LogP contribution in [-0.4, -0.2) is 30.7 Å². The van der Waals surface area contributed by atoms with Crippen molar-refractivity contribution < 1.29 is 9.90 Å². The average Bonchev–Trinajstić information content (AvgIpc) is 3.12. The number of aliphatic carboxylic acids is 1. The number of rotatable bonds is 4. The number of anilines is 1. The van der Waals surface area contributed by atoms with Gasteiger partial charge < -0.3 is 10.8 Å². The fraction of sp³-hybridized carbons (Fsp3) is 0.368. The minimum Gasteiger partial charge on any atom is -0.481 e. The molecule has 0 atom stereocenters. The summed E-state index contributed by atoms with van der Waals surface area (Å²) < 4.78 is 1.53. The highest BCUT2D eigenvalue weighted by Crippen LogP contribution is 2.37. The fourth-order valence-electron chi connectivity index (χ4n) is 3.90. The Bertz CT molecular complexity index is 927. The Hall–Kier alpha value is -2.96.